The molecule has 2 aromatic rings. The van der Waals surface area contributed by atoms with Crippen LogP contribution in [0.1, 0.15) is 21.6 Å². The molecule has 0 unspecified atom stereocenters. The van der Waals surface area contributed by atoms with Gasteiger partial charge in [0.25, 0.3) is 0 Å². The van der Waals surface area contributed by atoms with Crippen LogP contribution in [0.5, 0.6) is 0 Å². The SMILES string of the molecule is COC(=O)Cc1ccccc1Cn1cnc(C(=O)O)c1. The van der Waals surface area contributed by atoms with Crippen molar-refractivity contribution < 1.29 is 19.4 Å². The summed E-state index contributed by atoms with van der Waals surface area (Å²) in [5.74, 6) is -1.37. The van der Waals surface area contributed by atoms with E-state index in [-0.39, 0.29) is 18.1 Å². The van der Waals surface area contributed by atoms with E-state index in [2.05, 4.69) is 9.72 Å². The Morgan fingerprint density at radius 2 is 2.00 bits per heavy atom. The van der Waals surface area contributed by atoms with Crippen LogP contribution in [-0.4, -0.2) is 33.7 Å². The molecular formula is C14H14N2O4. The lowest BCUT2D eigenvalue weighted by molar-refractivity contribution is -0.139. The number of nitrogens with zero attached hydrogens (tertiary/aromatic N) is 2. The van der Waals surface area contributed by atoms with Crippen molar-refractivity contribution in [1.82, 2.24) is 9.55 Å². The van der Waals surface area contributed by atoms with Crippen LogP contribution in [-0.2, 0) is 22.5 Å². The number of carboxylic acids is 1. The smallest absolute Gasteiger partial charge is 0.356 e. The molecule has 104 valence electrons. The van der Waals surface area contributed by atoms with Gasteiger partial charge in [0, 0.05) is 12.7 Å². The highest BCUT2D eigenvalue weighted by atomic mass is 16.5. The molecule has 0 saturated heterocycles. The number of hydrogen-bond donors (Lipinski definition) is 1. The molecular weight excluding hydrogens is 260 g/mol. The van der Waals surface area contributed by atoms with Crippen LogP contribution in [0.25, 0.3) is 0 Å². The quantitative estimate of drug-likeness (QED) is 0.832. The normalized spacial score (nSPS) is 10.2. The number of carbonyl (C=O) groups excluding carboxylic acids is 1. The average Bonchev–Trinajstić information content (AvgIpc) is 2.89. The maximum atomic E-state index is 11.4. The Labute approximate surface area is 115 Å². The summed E-state index contributed by atoms with van der Waals surface area (Å²) in [4.78, 5) is 25.9. The van der Waals surface area contributed by atoms with Crippen molar-refractivity contribution in [3.63, 3.8) is 0 Å². The van der Waals surface area contributed by atoms with E-state index in [0.717, 1.165) is 11.1 Å². The maximum absolute atomic E-state index is 11.4. The summed E-state index contributed by atoms with van der Waals surface area (Å²) in [6, 6.07) is 7.45. The van der Waals surface area contributed by atoms with Gasteiger partial charge in [-0.1, -0.05) is 24.3 Å². The Kier molecular flexibility index (Phi) is 4.14. The molecule has 1 N–H and O–H groups in total. The molecule has 0 bridgehead atoms. The van der Waals surface area contributed by atoms with E-state index < -0.39 is 5.97 Å². The van der Waals surface area contributed by atoms with Crippen molar-refractivity contribution in [3.8, 4) is 0 Å². The lowest BCUT2D eigenvalue weighted by atomic mass is 10.0. The van der Waals surface area contributed by atoms with Crippen LogP contribution in [0, 0.1) is 0 Å². The molecule has 1 aromatic carbocycles. The van der Waals surface area contributed by atoms with E-state index in [1.54, 1.807) is 4.57 Å². The van der Waals surface area contributed by atoms with E-state index >= 15 is 0 Å². The van der Waals surface area contributed by atoms with Gasteiger partial charge < -0.3 is 14.4 Å². The Hall–Kier alpha value is -2.63. The van der Waals surface area contributed by atoms with Crippen LogP contribution in [0.3, 0.4) is 0 Å². The third kappa shape index (κ3) is 3.23. The largest absolute Gasteiger partial charge is 0.476 e. The Bertz CT molecular complexity index is 634. The number of aromatic nitrogens is 2. The summed E-state index contributed by atoms with van der Waals surface area (Å²) in [6.07, 6.45) is 3.10. The first-order valence-electron chi connectivity index (χ1n) is 5.99. The van der Waals surface area contributed by atoms with Gasteiger partial charge in [-0.05, 0) is 11.1 Å². The van der Waals surface area contributed by atoms with Gasteiger partial charge in [0.2, 0.25) is 0 Å². The molecule has 0 aliphatic rings. The number of carboxylic acid groups (broad SMARTS) is 1. The fourth-order valence-electron chi connectivity index (χ4n) is 1.87. The zero-order valence-electron chi connectivity index (χ0n) is 10.9. The van der Waals surface area contributed by atoms with Gasteiger partial charge in [-0.25, -0.2) is 9.78 Å². The molecule has 6 heteroatoms. The minimum absolute atomic E-state index is 0.00421. The molecule has 20 heavy (non-hydrogen) atoms. The fourth-order valence-corrected chi connectivity index (χ4v) is 1.87. The Morgan fingerprint density at radius 3 is 2.60 bits per heavy atom. The van der Waals surface area contributed by atoms with E-state index in [4.69, 9.17) is 5.11 Å². The molecule has 1 heterocycles. The van der Waals surface area contributed by atoms with Crippen LogP contribution in [0.4, 0.5) is 0 Å². The third-order valence-corrected chi connectivity index (χ3v) is 2.89. The van der Waals surface area contributed by atoms with E-state index in [1.165, 1.54) is 19.6 Å². The minimum atomic E-state index is -1.06. The van der Waals surface area contributed by atoms with Crippen molar-refractivity contribution in [2.75, 3.05) is 7.11 Å². The number of carbonyl (C=O) groups is 2. The van der Waals surface area contributed by atoms with Crippen molar-refractivity contribution in [1.29, 1.82) is 0 Å². The molecule has 0 radical (unpaired) electrons. The van der Waals surface area contributed by atoms with Gasteiger partial charge in [0.15, 0.2) is 5.69 Å². The van der Waals surface area contributed by atoms with Gasteiger partial charge in [0.05, 0.1) is 19.9 Å². The predicted octanol–water partition coefficient (Wildman–Crippen LogP) is 1.35. The van der Waals surface area contributed by atoms with Gasteiger partial charge >= 0.3 is 11.9 Å². The van der Waals surface area contributed by atoms with Gasteiger partial charge in [-0.3, -0.25) is 4.79 Å². The van der Waals surface area contributed by atoms with Crippen molar-refractivity contribution >= 4 is 11.9 Å². The molecule has 0 atom stereocenters. The number of benzene rings is 1. The van der Waals surface area contributed by atoms with Crippen molar-refractivity contribution in [3.05, 3.63) is 53.6 Å². The standard InChI is InChI=1S/C14H14N2O4/c1-20-13(17)6-10-4-2-3-5-11(10)7-16-8-12(14(18)19)15-9-16/h2-5,8-9H,6-7H2,1H3,(H,18,19). The number of ether oxygens (including phenoxy) is 1. The summed E-state index contributed by atoms with van der Waals surface area (Å²) in [5.41, 5.74) is 1.77. The molecule has 0 aliphatic heterocycles. The van der Waals surface area contributed by atoms with Gasteiger partial charge in [-0.2, -0.15) is 0 Å². The predicted molar refractivity (Wildman–Crippen MR) is 70.5 cm³/mol. The van der Waals surface area contributed by atoms with E-state index in [0.29, 0.717) is 6.54 Å². The lowest BCUT2D eigenvalue weighted by Crippen LogP contribution is -2.08. The second-order valence-electron chi connectivity index (χ2n) is 4.26. The number of rotatable bonds is 5. The molecule has 0 fully saturated rings. The van der Waals surface area contributed by atoms with Crippen molar-refractivity contribution in [2.24, 2.45) is 0 Å². The number of hydrogen-bond acceptors (Lipinski definition) is 4. The highest BCUT2D eigenvalue weighted by Gasteiger charge is 2.10. The molecule has 0 amide bonds. The van der Waals surface area contributed by atoms with Crippen LogP contribution in [0.2, 0.25) is 0 Å². The second-order valence-corrected chi connectivity index (χ2v) is 4.26. The zero-order valence-corrected chi connectivity index (χ0v) is 10.9. The Balaban J connectivity index is 2.19. The third-order valence-electron chi connectivity index (χ3n) is 2.89. The molecule has 6 nitrogen and oxygen atoms in total. The first kappa shape index (κ1) is 13.8. The average molecular weight is 274 g/mol. The zero-order chi connectivity index (χ0) is 14.5. The number of imidazole rings is 1. The molecule has 1 aromatic heterocycles. The summed E-state index contributed by atoms with van der Waals surface area (Å²) in [5, 5.41) is 8.83. The maximum Gasteiger partial charge on any atom is 0.356 e. The highest BCUT2D eigenvalue weighted by Crippen LogP contribution is 2.12. The van der Waals surface area contributed by atoms with E-state index in [9.17, 15) is 9.59 Å². The molecule has 0 aliphatic carbocycles. The van der Waals surface area contributed by atoms with Crippen LogP contribution in [0.15, 0.2) is 36.8 Å². The van der Waals surface area contributed by atoms with Gasteiger partial charge in [-0.15, -0.1) is 0 Å². The van der Waals surface area contributed by atoms with Gasteiger partial charge in [0.1, 0.15) is 0 Å². The monoisotopic (exact) mass is 274 g/mol. The minimum Gasteiger partial charge on any atom is -0.476 e. The summed E-state index contributed by atoms with van der Waals surface area (Å²) >= 11 is 0. The molecule has 0 spiro atoms. The fraction of sp³-hybridized carbons (Fsp3) is 0.214. The highest BCUT2D eigenvalue weighted by molar-refractivity contribution is 5.84. The first-order chi connectivity index (χ1) is 9.60. The van der Waals surface area contributed by atoms with Crippen molar-refractivity contribution in [2.45, 2.75) is 13.0 Å². The van der Waals surface area contributed by atoms with Crippen LogP contribution < -0.4 is 0 Å². The number of aromatic carboxylic acids is 1. The van der Waals surface area contributed by atoms with E-state index in [1.807, 2.05) is 24.3 Å². The van der Waals surface area contributed by atoms with Crippen LogP contribution >= 0.6 is 0 Å². The Morgan fingerprint density at radius 1 is 1.30 bits per heavy atom. The summed E-state index contributed by atoms with van der Waals surface area (Å²) < 4.78 is 6.33. The first-order valence-corrected chi connectivity index (χ1v) is 5.99. The molecule has 2 rings (SSSR count). The summed E-state index contributed by atoms with van der Waals surface area (Å²) in [7, 11) is 1.35. The lowest BCUT2D eigenvalue weighted by Gasteiger charge is -2.09. The number of esters is 1. The molecule has 0 saturated carbocycles. The summed E-state index contributed by atoms with van der Waals surface area (Å²) in [6.45, 7) is 0.452. The number of methoxy groups -OCH3 is 1. The topological polar surface area (TPSA) is 81.4 Å². The second kappa shape index (κ2) is 6.01.